The first-order chi connectivity index (χ1) is 9.67. The molecule has 2 atom stereocenters. The summed E-state index contributed by atoms with van der Waals surface area (Å²) in [7, 11) is 1.33. The number of aromatic nitrogens is 1. The number of carbonyl (C=O) groups is 2. The Morgan fingerprint density at radius 3 is 3.10 bits per heavy atom. The highest BCUT2D eigenvalue weighted by Gasteiger charge is 2.34. The molecule has 1 aliphatic carbocycles. The number of carbonyl (C=O) groups excluding carboxylic acids is 2. The first-order valence-electron chi connectivity index (χ1n) is 6.47. The molecule has 0 unspecified atom stereocenters. The SMILES string of the molecule is COC(=O)c1cccnc1SC[C@H]1C(=O)CC[C@@H]1CO. The lowest BCUT2D eigenvalue weighted by atomic mass is 9.99. The molecular weight excluding hydrogens is 278 g/mol. The van der Waals surface area contributed by atoms with E-state index in [2.05, 4.69) is 4.98 Å². The molecule has 0 aliphatic heterocycles. The Morgan fingerprint density at radius 2 is 2.40 bits per heavy atom. The van der Waals surface area contributed by atoms with Gasteiger partial charge >= 0.3 is 5.97 Å². The Kier molecular flexibility index (Phi) is 5.14. The molecule has 20 heavy (non-hydrogen) atoms. The summed E-state index contributed by atoms with van der Waals surface area (Å²) in [5.41, 5.74) is 0.408. The zero-order valence-electron chi connectivity index (χ0n) is 11.2. The van der Waals surface area contributed by atoms with Gasteiger partial charge in [-0.1, -0.05) is 0 Å². The van der Waals surface area contributed by atoms with E-state index in [1.165, 1.54) is 18.9 Å². The third-order valence-electron chi connectivity index (χ3n) is 3.55. The predicted octanol–water partition coefficient (Wildman–Crippen LogP) is 1.55. The standard InChI is InChI=1S/C14H17NO4S/c1-19-14(18)10-3-2-6-15-13(10)20-8-11-9(7-16)4-5-12(11)17/h2-3,6,9,11,16H,4-5,7-8H2,1H3/t9-,11-/m1/s1. The zero-order chi connectivity index (χ0) is 14.5. The molecule has 0 bridgehead atoms. The van der Waals surface area contributed by atoms with Gasteiger partial charge in [0, 0.05) is 30.9 Å². The highest BCUT2D eigenvalue weighted by molar-refractivity contribution is 7.99. The number of aliphatic hydroxyl groups is 1. The number of thioether (sulfide) groups is 1. The minimum atomic E-state index is -0.433. The number of hydrogen-bond donors (Lipinski definition) is 1. The summed E-state index contributed by atoms with van der Waals surface area (Å²) in [6.07, 6.45) is 2.88. The minimum absolute atomic E-state index is 0.0280. The van der Waals surface area contributed by atoms with Gasteiger partial charge in [-0.05, 0) is 24.5 Å². The van der Waals surface area contributed by atoms with Gasteiger partial charge in [0.05, 0.1) is 12.7 Å². The second kappa shape index (κ2) is 6.85. The Hall–Kier alpha value is -1.40. The highest BCUT2D eigenvalue weighted by Crippen LogP contribution is 2.33. The molecule has 6 heteroatoms. The molecule has 108 valence electrons. The lowest BCUT2D eigenvalue weighted by Gasteiger charge is -2.15. The van der Waals surface area contributed by atoms with E-state index in [9.17, 15) is 14.7 Å². The number of esters is 1. The molecule has 1 heterocycles. The summed E-state index contributed by atoms with van der Waals surface area (Å²) in [6, 6.07) is 3.33. The monoisotopic (exact) mass is 295 g/mol. The van der Waals surface area contributed by atoms with Gasteiger partial charge in [-0.25, -0.2) is 9.78 Å². The van der Waals surface area contributed by atoms with E-state index in [1.54, 1.807) is 18.3 Å². The number of ether oxygens (including phenoxy) is 1. The van der Waals surface area contributed by atoms with Crippen LogP contribution in [0.15, 0.2) is 23.4 Å². The minimum Gasteiger partial charge on any atom is -0.465 e. The maximum absolute atomic E-state index is 11.8. The fourth-order valence-corrected chi connectivity index (χ4v) is 3.60. The van der Waals surface area contributed by atoms with Crippen LogP contribution in [0.1, 0.15) is 23.2 Å². The number of aliphatic hydroxyl groups excluding tert-OH is 1. The van der Waals surface area contributed by atoms with Crippen molar-refractivity contribution in [3.05, 3.63) is 23.9 Å². The first-order valence-corrected chi connectivity index (χ1v) is 7.45. The van der Waals surface area contributed by atoms with E-state index in [0.717, 1.165) is 6.42 Å². The molecule has 0 aromatic carbocycles. The highest BCUT2D eigenvalue weighted by atomic mass is 32.2. The van der Waals surface area contributed by atoms with Crippen LogP contribution in [0.2, 0.25) is 0 Å². The molecule has 1 aromatic heterocycles. The number of ketones is 1. The summed E-state index contributed by atoms with van der Waals surface area (Å²) in [4.78, 5) is 27.6. The predicted molar refractivity (Wildman–Crippen MR) is 74.6 cm³/mol. The second-order valence-electron chi connectivity index (χ2n) is 4.71. The molecule has 0 amide bonds. The number of pyridine rings is 1. The van der Waals surface area contributed by atoms with E-state index in [1.807, 2.05) is 0 Å². The van der Waals surface area contributed by atoms with Crippen molar-refractivity contribution in [1.29, 1.82) is 0 Å². The van der Waals surface area contributed by atoms with Crippen LogP contribution in [0, 0.1) is 11.8 Å². The van der Waals surface area contributed by atoms with Crippen molar-refractivity contribution in [2.75, 3.05) is 19.5 Å². The van der Waals surface area contributed by atoms with Crippen LogP contribution in [-0.2, 0) is 9.53 Å². The summed E-state index contributed by atoms with van der Waals surface area (Å²) < 4.78 is 4.71. The van der Waals surface area contributed by atoms with E-state index >= 15 is 0 Å². The second-order valence-corrected chi connectivity index (χ2v) is 5.72. The third-order valence-corrected chi connectivity index (χ3v) is 4.68. The number of methoxy groups -OCH3 is 1. The van der Waals surface area contributed by atoms with Gasteiger partial charge in [0.2, 0.25) is 0 Å². The first kappa shape index (κ1) is 15.0. The zero-order valence-corrected chi connectivity index (χ0v) is 12.1. The van der Waals surface area contributed by atoms with Gasteiger partial charge in [-0.2, -0.15) is 0 Å². The van der Waals surface area contributed by atoms with Crippen LogP contribution in [0.25, 0.3) is 0 Å². The average molecular weight is 295 g/mol. The number of rotatable bonds is 5. The van der Waals surface area contributed by atoms with Crippen LogP contribution in [0.5, 0.6) is 0 Å². The van der Waals surface area contributed by atoms with Crippen molar-refractivity contribution < 1.29 is 19.4 Å². The molecule has 2 rings (SSSR count). The van der Waals surface area contributed by atoms with Crippen molar-refractivity contribution in [1.82, 2.24) is 4.98 Å². The van der Waals surface area contributed by atoms with E-state index < -0.39 is 5.97 Å². The Balaban J connectivity index is 2.07. The van der Waals surface area contributed by atoms with Crippen LogP contribution < -0.4 is 0 Å². The molecule has 5 nitrogen and oxygen atoms in total. The van der Waals surface area contributed by atoms with Crippen LogP contribution >= 0.6 is 11.8 Å². The molecule has 1 saturated carbocycles. The number of hydrogen-bond acceptors (Lipinski definition) is 6. The number of Topliss-reactive ketones (excluding diaryl/α,β-unsaturated/α-hetero) is 1. The fourth-order valence-electron chi connectivity index (χ4n) is 2.36. The smallest absolute Gasteiger partial charge is 0.340 e. The van der Waals surface area contributed by atoms with Gasteiger partial charge in [0.15, 0.2) is 0 Å². The maximum atomic E-state index is 11.8. The fraction of sp³-hybridized carbons (Fsp3) is 0.500. The van der Waals surface area contributed by atoms with E-state index in [0.29, 0.717) is 22.8 Å². The normalized spacial score (nSPS) is 22.0. The summed E-state index contributed by atoms with van der Waals surface area (Å²) in [5.74, 6) is 0.160. The molecule has 1 aliphatic rings. The maximum Gasteiger partial charge on any atom is 0.340 e. The lowest BCUT2D eigenvalue weighted by Crippen LogP contribution is -2.20. The van der Waals surface area contributed by atoms with Gasteiger partial charge in [0.1, 0.15) is 10.8 Å². The van der Waals surface area contributed by atoms with E-state index in [4.69, 9.17) is 4.74 Å². The molecule has 0 spiro atoms. The summed E-state index contributed by atoms with van der Waals surface area (Å²) >= 11 is 1.37. The summed E-state index contributed by atoms with van der Waals surface area (Å²) in [6.45, 7) is 0.0308. The van der Waals surface area contributed by atoms with Crippen LogP contribution in [-0.4, -0.2) is 41.3 Å². The largest absolute Gasteiger partial charge is 0.465 e. The molecular formula is C14H17NO4S. The summed E-state index contributed by atoms with van der Waals surface area (Å²) in [5, 5.41) is 9.85. The van der Waals surface area contributed by atoms with Crippen molar-refractivity contribution in [2.45, 2.75) is 17.9 Å². The lowest BCUT2D eigenvalue weighted by molar-refractivity contribution is -0.120. The van der Waals surface area contributed by atoms with Crippen molar-refractivity contribution in [3.8, 4) is 0 Å². The topological polar surface area (TPSA) is 76.5 Å². The Labute approximate surface area is 121 Å². The third kappa shape index (κ3) is 3.19. The van der Waals surface area contributed by atoms with Gasteiger partial charge < -0.3 is 9.84 Å². The van der Waals surface area contributed by atoms with Crippen molar-refractivity contribution in [3.63, 3.8) is 0 Å². The van der Waals surface area contributed by atoms with Gasteiger partial charge in [0.25, 0.3) is 0 Å². The average Bonchev–Trinajstić information content (AvgIpc) is 2.85. The van der Waals surface area contributed by atoms with Crippen molar-refractivity contribution in [2.24, 2.45) is 11.8 Å². The van der Waals surface area contributed by atoms with Crippen LogP contribution in [0.3, 0.4) is 0 Å². The van der Waals surface area contributed by atoms with E-state index in [-0.39, 0.29) is 24.2 Å². The quantitative estimate of drug-likeness (QED) is 0.656. The Bertz CT molecular complexity index is 506. The molecule has 0 radical (unpaired) electrons. The molecule has 1 N–H and O–H groups in total. The molecule has 1 aromatic rings. The molecule has 1 fully saturated rings. The van der Waals surface area contributed by atoms with Gasteiger partial charge in [-0.15, -0.1) is 11.8 Å². The van der Waals surface area contributed by atoms with Gasteiger partial charge in [-0.3, -0.25) is 4.79 Å². The van der Waals surface area contributed by atoms with Crippen molar-refractivity contribution >= 4 is 23.5 Å². The Morgan fingerprint density at radius 1 is 1.60 bits per heavy atom. The van der Waals surface area contributed by atoms with Crippen LogP contribution in [0.4, 0.5) is 0 Å². The molecule has 0 saturated heterocycles. The number of nitrogens with zero attached hydrogens (tertiary/aromatic N) is 1.